The van der Waals surface area contributed by atoms with Gasteiger partial charge in [-0.1, -0.05) is 0 Å². The summed E-state index contributed by atoms with van der Waals surface area (Å²) in [7, 11) is 1.64. The van der Waals surface area contributed by atoms with Crippen LogP contribution in [0.2, 0.25) is 0 Å². The van der Waals surface area contributed by atoms with Crippen LogP contribution in [0.3, 0.4) is 0 Å². The molecular weight excluding hydrogens is 241 g/mol. The fraction of sp³-hybridized carbons (Fsp3) is 0.417. The monoisotopic (exact) mass is 257 g/mol. The average Bonchev–Trinajstić information content (AvgIpc) is 2.31. The topological polar surface area (TPSA) is 49.3 Å². The first-order chi connectivity index (χ1) is 7.98. The third-order valence-corrected chi connectivity index (χ3v) is 3.72. The number of carbonyl (C=O) groups is 1. The first-order valence-electron chi connectivity index (χ1n) is 5.28. The Morgan fingerprint density at radius 3 is 2.53 bits per heavy atom. The number of halogens is 1. The minimum Gasteiger partial charge on any atom is -0.480 e. The molecule has 0 amide bonds. The molecule has 0 aliphatic heterocycles. The molecular formula is C12H16FNO2S. The molecule has 1 aromatic carbocycles. The van der Waals surface area contributed by atoms with Gasteiger partial charge in [-0.25, -0.2) is 4.39 Å². The van der Waals surface area contributed by atoms with Gasteiger partial charge >= 0.3 is 5.97 Å². The summed E-state index contributed by atoms with van der Waals surface area (Å²) >= 11 is 1.52. The van der Waals surface area contributed by atoms with E-state index >= 15 is 0 Å². The summed E-state index contributed by atoms with van der Waals surface area (Å²) < 4.78 is 12.7. The Morgan fingerprint density at radius 2 is 2.06 bits per heavy atom. The van der Waals surface area contributed by atoms with E-state index in [1.54, 1.807) is 26.1 Å². The highest BCUT2D eigenvalue weighted by atomic mass is 32.2. The Morgan fingerprint density at radius 1 is 1.47 bits per heavy atom. The Hall–Kier alpha value is -1.07. The summed E-state index contributed by atoms with van der Waals surface area (Å²) in [6, 6.07) is 6.18. The SMILES string of the molecule is CNC(C)(CCSc1ccc(F)cc1)C(=O)O. The van der Waals surface area contributed by atoms with Gasteiger partial charge in [-0.05, 0) is 44.7 Å². The molecule has 3 nitrogen and oxygen atoms in total. The minimum atomic E-state index is -0.910. The van der Waals surface area contributed by atoms with Crippen molar-refractivity contribution in [2.45, 2.75) is 23.8 Å². The van der Waals surface area contributed by atoms with E-state index in [0.717, 1.165) is 4.90 Å². The number of carboxylic acid groups (broad SMARTS) is 1. The summed E-state index contributed by atoms with van der Waals surface area (Å²) in [5.74, 6) is -0.463. The second-order valence-electron chi connectivity index (χ2n) is 3.94. The molecule has 1 unspecified atom stereocenters. The number of benzene rings is 1. The van der Waals surface area contributed by atoms with Gasteiger partial charge in [0.05, 0.1) is 0 Å². The molecule has 0 aliphatic carbocycles. The van der Waals surface area contributed by atoms with E-state index in [9.17, 15) is 9.18 Å². The molecule has 1 rings (SSSR count). The lowest BCUT2D eigenvalue weighted by molar-refractivity contribution is -0.144. The zero-order valence-electron chi connectivity index (χ0n) is 9.87. The Balaban J connectivity index is 2.47. The summed E-state index contributed by atoms with van der Waals surface area (Å²) in [6.45, 7) is 1.65. The van der Waals surface area contributed by atoms with E-state index in [-0.39, 0.29) is 5.82 Å². The highest BCUT2D eigenvalue weighted by Crippen LogP contribution is 2.22. The number of aliphatic carboxylic acids is 1. The van der Waals surface area contributed by atoms with Crippen molar-refractivity contribution in [1.82, 2.24) is 5.32 Å². The van der Waals surface area contributed by atoms with Gasteiger partial charge in [0.25, 0.3) is 0 Å². The number of thioether (sulfide) groups is 1. The van der Waals surface area contributed by atoms with Gasteiger partial charge in [0.2, 0.25) is 0 Å². The van der Waals surface area contributed by atoms with E-state index in [1.165, 1.54) is 23.9 Å². The summed E-state index contributed by atoms with van der Waals surface area (Å²) in [5, 5.41) is 11.8. The standard InChI is InChI=1S/C12H16FNO2S/c1-12(14-2,11(15)16)7-8-17-10-5-3-9(13)4-6-10/h3-6,14H,7-8H2,1-2H3,(H,15,16). The molecule has 0 spiro atoms. The van der Waals surface area contributed by atoms with Gasteiger partial charge in [0.1, 0.15) is 11.4 Å². The van der Waals surface area contributed by atoms with Crippen molar-refractivity contribution in [3.05, 3.63) is 30.1 Å². The third-order valence-electron chi connectivity index (χ3n) is 2.71. The fourth-order valence-electron chi connectivity index (χ4n) is 1.24. The predicted octanol–water partition coefficient (Wildman–Crippen LogP) is 2.37. The number of likely N-dealkylation sites (N-methyl/N-ethyl adjacent to an activating group) is 1. The van der Waals surface area contributed by atoms with E-state index in [1.807, 2.05) is 0 Å². The van der Waals surface area contributed by atoms with E-state index in [2.05, 4.69) is 5.32 Å². The molecule has 1 aromatic rings. The second-order valence-corrected chi connectivity index (χ2v) is 5.11. The molecule has 0 heterocycles. The largest absolute Gasteiger partial charge is 0.480 e. The molecule has 2 N–H and O–H groups in total. The molecule has 0 radical (unpaired) electrons. The van der Waals surface area contributed by atoms with Crippen LogP contribution in [0.4, 0.5) is 4.39 Å². The van der Waals surface area contributed by atoms with Crippen molar-refractivity contribution < 1.29 is 14.3 Å². The van der Waals surface area contributed by atoms with Crippen LogP contribution >= 0.6 is 11.8 Å². The molecule has 1 atom stereocenters. The predicted molar refractivity (Wildman–Crippen MR) is 66.8 cm³/mol. The van der Waals surface area contributed by atoms with Crippen molar-refractivity contribution in [2.24, 2.45) is 0 Å². The Labute approximate surface area is 104 Å². The lowest BCUT2D eigenvalue weighted by Gasteiger charge is -2.23. The van der Waals surface area contributed by atoms with Crippen LogP contribution in [-0.2, 0) is 4.79 Å². The van der Waals surface area contributed by atoms with Crippen molar-refractivity contribution in [1.29, 1.82) is 0 Å². The number of hydrogen-bond donors (Lipinski definition) is 2. The van der Waals surface area contributed by atoms with Crippen LogP contribution in [0.5, 0.6) is 0 Å². The van der Waals surface area contributed by atoms with Crippen molar-refractivity contribution in [2.75, 3.05) is 12.8 Å². The van der Waals surface area contributed by atoms with E-state index in [0.29, 0.717) is 12.2 Å². The van der Waals surface area contributed by atoms with E-state index in [4.69, 9.17) is 5.11 Å². The minimum absolute atomic E-state index is 0.264. The Bertz CT molecular complexity index is 383. The zero-order valence-corrected chi connectivity index (χ0v) is 10.7. The van der Waals surface area contributed by atoms with Gasteiger partial charge < -0.3 is 10.4 Å². The maximum Gasteiger partial charge on any atom is 0.323 e. The highest BCUT2D eigenvalue weighted by Gasteiger charge is 2.30. The molecule has 0 fully saturated rings. The van der Waals surface area contributed by atoms with Crippen LogP contribution in [0.1, 0.15) is 13.3 Å². The highest BCUT2D eigenvalue weighted by molar-refractivity contribution is 7.99. The van der Waals surface area contributed by atoms with Crippen LogP contribution in [0.25, 0.3) is 0 Å². The summed E-state index contributed by atoms with van der Waals surface area (Å²) in [6.07, 6.45) is 0.501. The van der Waals surface area contributed by atoms with Crippen molar-refractivity contribution >= 4 is 17.7 Å². The van der Waals surface area contributed by atoms with Gasteiger partial charge in [-0.2, -0.15) is 0 Å². The number of rotatable bonds is 6. The molecule has 0 saturated heterocycles. The van der Waals surface area contributed by atoms with Gasteiger partial charge in [0, 0.05) is 10.6 Å². The fourth-order valence-corrected chi connectivity index (χ4v) is 2.32. The van der Waals surface area contributed by atoms with Gasteiger partial charge in [0.15, 0.2) is 0 Å². The second kappa shape index (κ2) is 6.02. The van der Waals surface area contributed by atoms with Crippen LogP contribution in [0, 0.1) is 5.82 Å². The molecule has 0 aromatic heterocycles. The normalized spacial score (nSPS) is 14.3. The van der Waals surface area contributed by atoms with Gasteiger partial charge in [-0.15, -0.1) is 11.8 Å². The van der Waals surface area contributed by atoms with Crippen LogP contribution in [-0.4, -0.2) is 29.4 Å². The molecule has 0 aliphatic rings. The summed E-state index contributed by atoms with van der Waals surface area (Å²) in [5.41, 5.74) is -0.910. The average molecular weight is 257 g/mol. The first kappa shape index (κ1) is 14.0. The van der Waals surface area contributed by atoms with Crippen LogP contribution in [0.15, 0.2) is 29.2 Å². The molecule has 17 heavy (non-hydrogen) atoms. The molecule has 0 bridgehead atoms. The van der Waals surface area contributed by atoms with Crippen molar-refractivity contribution in [3.8, 4) is 0 Å². The maximum absolute atomic E-state index is 12.7. The number of hydrogen-bond acceptors (Lipinski definition) is 3. The summed E-state index contributed by atoms with van der Waals surface area (Å²) in [4.78, 5) is 12.0. The van der Waals surface area contributed by atoms with E-state index < -0.39 is 11.5 Å². The lowest BCUT2D eigenvalue weighted by Crippen LogP contribution is -2.47. The van der Waals surface area contributed by atoms with Gasteiger partial charge in [-0.3, -0.25) is 4.79 Å². The number of nitrogens with one attached hydrogen (secondary N) is 1. The lowest BCUT2D eigenvalue weighted by atomic mass is 10.00. The third kappa shape index (κ3) is 4.02. The smallest absolute Gasteiger partial charge is 0.323 e. The quantitative estimate of drug-likeness (QED) is 0.768. The first-order valence-corrected chi connectivity index (χ1v) is 6.27. The number of carboxylic acids is 1. The molecule has 94 valence electrons. The van der Waals surface area contributed by atoms with Crippen LogP contribution < -0.4 is 5.32 Å². The molecule has 0 saturated carbocycles. The maximum atomic E-state index is 12.7. The molecule has 5 heteroatoms. The zero-order chi connectivity index (χ0) is 12.9. The Kier molecular flexibility index (Phi) is 4.96. The van der Waals surface area contributed by atoms with Crippen molar-refractivity contribution in [3.63, 3.8) is 0 Å².